The van der Waals surface area contributed by atoms with Crippen LogP contribution in [-0.4, -0.2) is 20.8 Å². The highest BCUT2D eigenvalue weighted by molar-refractivity contribution is 7.89. The highest BCUT2D eigenvalue weighted by Crippen LogP contribution is 2.16. The Morgan fingerprint density at radius 1 is 1.47 bits per heavy atom. The average Bonchev–Trinajstić information content (AvgIpc) is 2.23. The minimum absolute atomic E-state index is 0.0677. The number of halogens is 1. The molecule has 0 heterocycles. The number of benzene rings is 1. The molecule has 0 aliphatic rings. The molecule has 1 aromatic rings. The molecule has 1 aromatic carbocycles. The molecule has 0 atom stereocenters. The van der Waals surface area contributed by atoms with Gasteiger partial charge in [-0.3, -0.25) is 0 Å². The van der Waals surface area contributed by atoms with Crippen molar-refractivity contribution in [3.63, 3.8) is 0 Å². The van der Waals surface area contributed by atoms with Crippen molar-refractivity contribution >= 4 is 10.0 Å². The molecule has 0 saturated heterocycles. The Labute approximate surface area is 98.7 Å². The Morgan fingerprint density at radius 2 is 2.18 bits per heavy atom. The largest absolute Gasteiger partial charge is 0.493 e. The number of rotatable bonds is 5. The molecule has 2 N–H and O–H groups in total. The molecule has 0 bridgehead atoms. The third-order valence-electron chi connectivity index (χ3n) is 1.90. The Balaban J connectivity index is 2.48. The number of primary sulfonamides is 1. The molecule has 0 amide bonds. The van der Waals surface area contributed by atoms with E-state index in [-0.39, 0.29) is 30.1 Å². The predicted octanol–water partition coefficient (Wildman–Crippen LogP) is 0.755. The van der Waals surface area contributed by atoms with E-state index in [4.69, 9.17) is 15.1 Å². The highest BCUT2D eigenvalue weighted by atomic mass is 32.2. The molecule has 0 aliphatic carbocycles. The van der Waals surface area contributed by atoms with Gasteiger partial charge < -0.3 is 4.74 Å². The lowest BCUT2D eigenvalue weighted by atomic mass is 10.2. The average molecular weight is 258 g/mol. The Bertz CT molecular complexity index is 537. The zero-order valence-corrected chi connectivity index (χ0v) is 9.71. The summed E-state index contributed by atoms with van der Waals surface area (Å²) in [6.07, 6.45) is 0.223. The van der Waals surface area contributed by atoms with Gasteiger partial charge in [0.2, 0.25) is 10.0 Å². The number of nitriles is 1. The molecule has 1 rings (SSSR count). The lowest BCUT2D eigenvalue weighted by Gasteiger charge is -2.05. The summed E-state index contributed by atoms with van der Waals surface area (Å²) in [5, 5.41) is 13.3. The Kier molecular flexibility index (Phi) is 4.43. The van der Waals surface area contributed by atoms with Gasteiger partial charge in [-0.2, -0.15) is 5.26 Å². The summed E-state index contributed by atoms with van der Waals surface area (Å²) in [5.74, 6) is -0.612. The van der Waals surface area contributed by atoms with Gasteiger partial charge in [-0.15, -0.1) is 0 Å². The van der Waals surface area contributed by atoms with Crippen LogP contribution in [0, 0.1) is 17.1 Å². The van der Waals surface area contributed by atoms with Crippen molar-refractivity contribution < 1.29 is 17.5 Å². The number of ether oxygens (including phenoxy) is 1. The van der Waals surface area contributed by atoms with Crippen LogP contribution in [0.4, 0.5) is 4.39 Å². The molecule has 0 aromatic heterocycles. The number of hydrogen-bond donors (Lipinski definition) is 1. The van der Waals surface area contributed by atoms with Crippen molar-refractivity contribution in [1.82, 2.24) is 0 Å². The topological polar surface area (TPSA) is 93.2 Å². The summed E-state index contributed by atoms with van der Waals surface area (Å²) in [7, 11) is -3.49. The van der Waals surface area contributed by atoms with Crippen molar-refractivity contribution in [2.75, 3.05) is 12.4 Å². The lowest BCUT2D eigenvalue weighted by molar-refractivity contribution is 0.316. The molecule has 0 unspecified atom stereocenters. The summed E-state index contributed by atoms with van der Waals surface area (Å²) in [6.45, 7) is 0.113. The van der Waals surface area contributed by atoms with Crippen LogP contribution >= 0.6 is 0 Å². The Morgan fingerprint density at radius 3 is 2.71 bits per heavy atom. The molecular weight excluding hydrogens is 247 g/mol. The van der Waals surface area contributed by atoms with Crippen LogP contribution in [0.5, 0.6) is 5.75 Å². The summed E-state index contributed by atoms with van der Waals surface area (Å²) >= 11 is 0. The monoisotopic (exact) mass is 258 g/mol. The van der Waals surface area contributed by atoms with E-state index in [1.807, 2.05) is 0 Å². The number of sulfonamides is 1. The van der Waals surface area contributed by atoms with Gasteiger partial charge in [0, 0.05) is 6.07 Å². The van der Waals surface area contributed by atoms with Gasteiger partial charge in [0.05, 0.1) is 17.9 Å². The maximum atomic E-state index is 13.1. The molecular formula is C10H11FN2O3S. The highest BCUT2D eigenvalue weighted by Gasteiger charge is 2.05. The third kappa shape index (κ3) is 4.80. The van der Waals surface area contributed by atoms with Crippen LogP contribution in [-0.2, 0) is 10.0 Å². The minimum atomic E-state index is -3.49. The number of nitrogens with two attached hydrogens (primary N) is 1. The minimum Gasteiger partial charge on any atom is -0.493 e. The predicted molar refractivity (Wildman–Crippen MR) is 59.2 cm³/mol. The second-order valence-corrected chi connectivity index (χ2v) is 5.06. The summed E-state index contributed by atoms with van der Waals surface area (Å²) in [6, 6.07) is 5.50. The van der Waals surface area contributed by atoms with Gasteiger partial charge in [0.25, 0.3) is 0 Å². The normalized spacial score (nSPS) is 10.9. The summed E-state index contributed by atoms with van der Waals surface area (Å²) in [4.78, 5) is 0. The van der Waals surface area contributed by atoms with E-state index in [0.29, 0.717) is 0 Å². The first-order chi connectivity index (χ1) is 7.92. The van der Waals surface area contributed by atoms with Crippen molar-refractivity contribution in [3.05, 3.63) is 29.6 Å². The molecule has 0 saturated carbocycles. The van der Waals surface area contributed by atoms with E-state index in [1.54, 1.807) is 6.07 Å². The standard InChI is InChI=1S/C10H11FN2O3S/c11-10-6-9(3-2-8(10)7-12)16-4-1-5-17(13,14)15/h2-3,6H,1,4-5H2,(H2,13,14,15). The van der Waals surface area contributed by atoms with Gasteiger partial charge in [-0.25, -0.2) is 17.9 Å². The number of nitrogens with zero attached hydrogens (tertiary/aromatic N) is 1. The maximum Gasteiger partial charge on any atom is 0.209 e. The fraction of sp³-hybridized carbons (Fsp3) is 0.300. The summed E-state index contributed by atoms with van der Waals surface area (Å²) in [5.41, 5.74) is -0.0677. The van der Waals surface area contributed by atoms with Crippen LogP contribution in [0.3, 0.4) is 0 Å². The van der Waals surface area contributed by atoms with E-state index in [2.05, 4.69) is 0 Å². The van der Waals surface area contributed by atoms with E-state index in [9.17, 15) is 12.8 Å². The van der Waals surface area contributed by atoms with Crippen molar-refractivity contribution in [1.29, 1.82) is 5.26 Å². The van der Waals surface area contributed by atoms with E-state index in [0.717, 1.165) is 6.07 Å². The molecule has 0 fully saturated rings. The van der Waals surface area contributed by atoms with Crippen LogP contribution < -0.4 is 9.88 Å². The zero-order valence-electron chi connectivity index (χ0n) is 8.89. The molecule has 7 heteroatoms. The van der Waals surface area contributed by atoms with E-state index < -0.39 is 15.8 Å². The summed E-state index contributed by atoms with van der Waals surface area (Å²) < 4.78 is 39.5. The molecule has 5 nitrogen and oxygen atoms in total. The van der Waals surface area contributed by atoms with Gasteiger partial charge in [-0.05, 0) is 18.6 Å². The van der Waals surface area contributed by atoms with Crippen LogP contribution in [0.25, 0.3) is 0 Å². The van der Waals surface area contributed by atoms with Crippen molar-refractivity contribution in [2.45, 2.75) is 6.42 Å². The quantitative estimate of drug-likeness (QED) is 0.789. The first-order valence-electron chi connectivity index (χ1n) is 4.75. The van der Waals surface area contributed by atoms with Gasteiger partial charge in [-0.1, -0.05) is 0 Å². The van der Waals surface area contributed by atoms with E-state index >= 15 is 0 Å². The first-order valence-corrected chi connectivity index (χ1v) is 6.47. The van der Waals surface area contributed by atoms with Gasteiger partial charge >= 0.3 is 0 Å². The van der Waals surface area contributed by atoms with E-state index in [1.165, 1.54) is 12.1 Å². The second kappa shape index (κ2) is 5.61. The van der Waals surface area contributed by atoms with Crippen LogP contribution in [0.1, 0.15) is 12.0 Å². The lowest BCUT2D eigenvalue weighted by Crippen LogP contribution is -2.18. The number of hydrogen-bond acceptors (Lipinski definition) is 4. The fourth-order valence-electron chi connectivity index (χ4n) is 1.13. The van der Waals surface area contributed by atoms with Gasteiger partial charge in [0.15, 0.2) is 0 Å². The first kappa shape index (κ1) is 13.4. The molecule has 0 aliphatic heterocycles. The smallest absolute Gasteiger partial charge is 0.209 e. The van der Waals surface area contributed by atoms with Gasteiger partial charge in [0.1, 0.15) is 17.6 Å². The zero-order chi connectivity index (χ0) is 12.9. The molecule has 17 heavy (non-hydrogen) atoms. The molecule has 0 spiro atoms. The van der Waals surface area contributed by atoms with Crippen molar-refractivity contribution in [3.8, 4) is 11.8 Å². The molecule has 0 radical (unpaired) electrons. The van der Waals surface area contributed by atoms with Crippen LogP contribution in [0.2, 0.25) is 0 Å². The second-order valence-electron chi connectivity index (χ2n) is 3.32. The van der Waals surface area contributed by atoms with Crippen LogP contribution in [0.15, 0.2) is 18.2 Å². The maximum absolute atomic E-state index is 13.1. The fourth-order valence-corrected chi connectivity index (χ4v) is 1.65. The third-order valence-corrected chi connectivity index (χ3v) is 2.76. The van der Waals surface area contributed by atoms with Crippen molar-refractivity contribution in [2.24, 2.45) is 5.14 Å². The molecule has 92 valence electrons. The Hall–Kier alpha value is -1.65. The SMILES string of the molecule is N#Cc1ccc(OCCCS(N)(=O)=O)cc1F.